The van der Waals surface area contributed by atoms with Crippen LogP contribution in [-0.4, -0.2) is 48.0 Å². The number of carbonyl (C=O) groups excluding carboxylic acids is 1. The number of hydrogen-bond acceptors (Lipinski definition) is 3. The quantitative estimate of drug-likeness (QED) is 0.796. The Kier molecular flexibility index (Phi) is 5.11. The summed E-state index contributed by atoms with van der Waals surface area (Å²) in [5.74, 6) is 0.555. The van der Waals surface area contributed by atoms with Crippen molar-refractivity contribution >= 4 is 5.91 Å². The SMILES string of the molecule is Cc1ccc2c(c1)CN(C)CC1(CCCN(C(=O)Cc3ccccc3F)C1)O2. The van der Waals surface area contributed by atoms with Crippen LogP contribution in [-0.2, 0) is 17.8 Å². The van der Waals surface area contributed by atoms with E-state index in [-0.39, 0.29) is 18.1 Å². The number of likely N-dealkylation sites (tertiary alicyclic amines) is 1. The van der Waals surface area contributed by atoms with E-state index in [1.807, 2.05) is 11.0 Å². The van der Waals surface area contributed by atoms with Gasteiger partial charge in [-0.3, -0.25) is 9.69 Å². The summed E-state index contributed by atoms with van der Waals surface area (Å²) in [6.45, 7) is 4.93. The van der Waals surface area contributed by atoms with Crippen molar-refractivity contribution in [2.24, 2.45) is 0 Å². The Morgan fingerprint density at radius 3 is 2.86 bits per heavy atom. The smallest absolute Gasteiger partial charge is 0.227 e. The minimum atomic E-state index is -0.418. The number of hydrogen-bond donors (Lipinski definition) is 0. The number of aryl methyl sites for hydroxylation is 1. The van der Waals surface area contributed by atoms with Crippen LogP contribution in [0.3, 0.4) is 0 Å². The molecule has 1 saturated heterocycles. The van der Waals surface area contributed by atoms with Gasteiger partial charge in [0.1, 0.15) is 17.2 Å². The van der Waals surface area contributed by atoms with Crippen LogP contribution in [0, 0.1) is 12.7 Å². The van der Waals surface area contributed by atoms with E-state index < -0.39 is 5.60 Å². The maximum absolute atomic E-state index is 14.0. The van der Waals surface area contributed by atoms with Gasteiger partial charge < -0.3 is 9.64 Å². The number of amides is 1. The van der Waals surface area contributed by atoms with Crippen LogP contribution in [0.2, 0.25) is 0 Å². The highest BCUT2D eigenvalue weighted by Gasteiger charge is 2.42. The largest absolute Gasteiger partial charge is 0.484 e. The minimum Gasteiger partial charge on any atom is -0.484 e. The molecule has 5 heteroatoms. The lowest BCUT2D eigenvalue weighted by Gasteiger charge is -2.43. The Labute approximate surface area is 165 Å². The van der Waals surface area contributed by atoms with Crippen LogP contribution in [0.4, 0.5) is 4.39 Å². The van der Waals surface area contributed by atoms with Gasteiger partial charge in [0.2, 0.25) is 5.91 Å². The molecule has 1 unspecified atom stereocenters. The summed E-state index contributed by atoms with van der Waals surface area (Å²) >= 11 is 0. The summed E-state index contributed by atoms with van der Waals surface area (Å²) in [5.41, 5.74) is 2.44. The van der Waals surface area contributed by atoms with Crippen molar-refractivity contribution in [2.45, 2.75) is 38.3 Å². The van der Waals surface area contributed by atoms with Gasteiger partial charge in [0.05, 0.1) is 13.0 Å². The Balaban J connectivity index is 1.54. The topological polar surface area (TPSA) is 32.8 Å². The third-order valence-corrected chi connectivity index (χ3v) is 5.73. The number of fused-ring (bicyclic) bond motifs is 1. The second-order valence-electron chi connectivity index (χ2n) is 8.26. The molecule has 2 heterocycles. The molecule has 4 rings (SSSR count). The highest BCUT2D eigenvalue weighted by Crippen LogP contribution is 2.35. The number of carbonyl (C=O) groups is 1. The fourth-order valence-corrected chi connectivity index (χ4v) is 4.48. The molecular formula is C23H27FN2O2. The normalized spacial score (nSPS) is 22.5. The maximum atomic E-state index is 14.0. The fourth-order valence-electron chi connectivity index (χ4n) is 4.48. The summed E-state index contributed by atoms with van der Waals surface area (Å²) in [4.78, 5) is 17.0. The van der Waals surface area contributed by atoms with Crippen LogP contribution in [0.15, 0.2) is 42.5 Å². The number of nitrogens with zero attached hydrogens (tertiary/aromatic N) is 2. The Morgan fingerprint density at radius 1 is 1.21 bits per heavy atom. The molecule has 2 aromatic carbocycles. The molecule has 0 aromatic heterocycles. The van der Waals surface area contributed by atoms with Gasteiger partial charge in [-0.1, -0.05) is 35.9 Å². The second kappa shape index (κ2) is 7.55. The number of rotatable bonds is 2. The molecule has 1 fully saturated rings. The first-order valence-corrected chi connectivity index (χ1v) is 9.92. The lowest BCUT2D eigenvalue weighted by Crippen LogP contribution is -2.57. The summed E-state index contributed by atoms with van der Waals surface area (Å²) in [7, 11) is 2.10. The summed E-state index contributed by atoms with van der Waals surface area (Å²) in [6.07, 6.45) is 1.89. The molecule has 2 aliphatic rings. The average Bonchev–Trinajstić information content (AvgIpc) is 2.78. The number of ether oxygens (including phenoxy) is 1. The van der Waals surface area contributed by atoms with E-state index in [2.05, 4.69) is 31.0 Å². The van der Waals surface area contributed by atoms with Crippen LogP contribution in [0.5, 0.6) is 5.75 Å². The fraction of sp³-hybridized carbons (Fsp3) is 0.435. The first-order valence-electron chi connectivity index (χ1n) is 9.92. The van der Waals surface area contributed by atoms with Gasteiger partial charge in [-0.2, -0.15) is 0 Å². The van der Waals surface area contributed by atoms with Crippen molar-refractivity contribution in [3.05, 3.63) is 65.0 Å². The van der Waals surface area contributed by atoms with Gasteiger partial charge >= 0.3 is 0 Å². The Bertz CT molecular complexity index is 885. The summed E-state index contributed by atoms with van der Waals surface area (Å²) in [6, 6.07) is 12.8. The maximum Gasteiger partial charge on any atom is 0.227 e. The van der Waals surface area contributed by atoms with E-state index in [4.69, 9.17) is 4.74 Å². The van der Waals surface area contributed by atoms with Crippen molar-refractivity contribution in [3.8, 4) is 5.75 Å². The molecule has 0 bridgehead atoms. The minimum absolute atomic E-state index is 0.0381. The van der Waals surface area contributed by atoms with Gasteiger partial charge in [-0.25, -0.2) is 4.39 Å². The molecule has 1 amide bonds. The molecule has 1 spiro atoms. The number of likely N-dealkylation sites (N-methyl/N-ethyl adjacent to an activating group) is 1. The Hall–Kier alpha value is -2.40. The molecule has 0 N–H and O–H groups in total. The van der Waals surface area contributed by atoms with Crippen molar-refractivity contribution < 1.29 is 13.9 Å². The zero-order valence-corrected chi connectivity index (χ0v) is 16.6. The van der Waals surface area contributed by atoms with Crippen molar-refractivity contribution in [3.63, 3.8) is 0 Å². The third kappa shape index (κ3) is 3.90. The van der Waals surface area contributed by atoms with Crippen molar-refractivity contribution in [1.82, 2.24) is 9.80 Å². The van der Waals surface area contributed by atoms with Crippen LogP contribution >= 0.6 is 0 Å². The van der Waals surface area contributed by atoms with E-state index >= 15 is 0 Å². The molecule has 4 nitrogen and oxygen atoms in total. The van der Waals surface area contributed by atoms with E-state index in [0.29, 0.717) is 18.7 Å². The zero-order chi connectivity index (χ0) is 19.7. The molecule has 1 atom stereocenters. The molecule has 2 aromatic rings. The monoisotopic (exact) mass is 382 g/mol. The first kappa shape index (κ1) is 18.9. The predicted octanol–water partition coefficient (Wildman–Crippen LogP) is 3.56. The molecule has 148 valence electrons. The first-order chi connectivity index (χ1) is 13.4. The molecule has 0 aliphatic carbocycles. The Morgan fingerprint density at radius 2 is 2.04 bits per heavy atom. The molecule has 0 radical (unpaired) electrons. The van der Waals surface area contributed by atoms with E-state index in [1.165, 1.54) is 17.2 Å². The van der Waals surface area contributed by atoms with Gasteiger partial charge in [0, 0.05) is 25.2 Å². The molecule has 0 saturated carbocycles. The number of benzene rings is 2. The number of piperidine rings is 1. The standard InChI is InChI=1S/C23H27FN2O2/c1-17-8-9-21-19(12-17)14-25(2)15-23(28-21)10-5-11-26(16-23)22(27)13-18-6-3-4-7-20(18)24/h3-4,6-9,12H,5,10-11,13-16H2,1-2H3. The highest BCUT2D eigenvalue weighted by molar-refractivity contribution is 5.79. The van der Waals surface area contributed by atoms with E-state index in [1.54, 1.807) is 18.2 Å². The van der Waals surface area contributed by atoms with Gasteiger partial charge in [0.25, 0.3) is 0 Å². The van der Waals surface area contributed by atoms with Gasteiger partial charge in [-0.15, -0.1) is 0 Å². The van der Waals surface area contributed by atoms with E-state index in [9.17, 15) is 9.18 Å². The van der Waals surface area contributed by atoms with Crippen molar-refractivity contribution in [2.75, 3.05) is 26.7 Å². The van der Waals surface area contributed by atoms with Crippen LogP contribution in [0.1, 0.15) is 29.5 Å². The number of halogens is 1. The summed E-state index contributed by atoms with van der Waals surface area (Å²) < 4.78 is 20.5. The third-order valence-electron chi connectivity index (χ3n) is 5.73. The molecular weight excluding hydrogens is 355 g/mol. The van der Waals surface area contributed by atoms with Crippen LogP contribution in [0.25, 0.3) is 0 Å². The van der Waals surface area contributed by atoms with E-state index in [0.717, 1.165) is 31.7 Å². The van der Waals surface area contributed by atoms with Gasteiger partial charge in [0.15, 0.2) is 0 Å². The highest BCUT2D eigenvalue weighted by atomic mass is 19.1. The lowest BCUT2D eigenvalue weighted by molar-refractivity contribution is -0.136. The van der Waals surface area contributed by atoms with Crippen LogP contribution < -0.4 is 4.74 Å². The molecule has 2 aliphatic heterocycles. The average molecular weight is 382 g/mol. The lowest BCUT2D eigenvalue weighted by atomic mass is 9.91. The zero-order valence-electron chi connectivity index (χ0n) is 16.6. The molecule has 28 heavy (non-hydrogen) atoms. The van der Waals surface area contributed by atoms with Crippen molar-refractivity contribution in [1.29, 1.82) is 0 Å². The summed E-state index contributed by atoms with van der Waals surface area (Å²) in [5, 5.41) is 0. The van der Waals surface area contributed by atoms with Gasteiger partial charge in [-0.05, 0) is 44.5 Å². The second-order valence-corrected chi connectivity index (χ2v) is 8.26. The predicted molar refractivity (Wildman–Crippen MR) is 107 cm³/mol.